The Labute approximate surface area is 120 Å². The van der Waals surface area contributed by atoms with Crippen molar-refractivity contribution in [3.63, 3.8) is 0 Å². The Bertz CT molecular complexity index is 425. The first kappa shape index (κ1) is 13.4. The third kappa shape index (κ3) is 2.97. The van der Waals surface area contributed by atoms with Crippen molar-refractivity contribution in [2.45, 2.75) is 64.0 Å². The van der Waals surface area contributed by atoms with Gasteiger partial charge in [0.25, 0.3) is 0 Å². The molecule has 2 unspecified atom stereocenters. The molecular formula is C15H24ClN3. The summed E-state index contributed by atoms with van der Waals surface area (Å²) in [6.07, 6.45) is 9.84. The Morgan fingerprint density at radius 2 is 2.11 bits per heavy atom. The zero-order valence-corrected chi connectivity index (χ0v) is 12.5. The lowest BCUT2D eigenvalue weighted by Crippen LogP contribution is -2.31. The number of hydrogen-bond acceptors (Lipinski definition) is 2. The zero-order valence-electron chi connectivity index (χ0n) is 11.7. The monoisotopic (exact) mass is 281 g/mol. The van der Waals surface area contributed by atoms with Gasteiger partial charge < -0.3 is 5.32 Å². The van der Waals surface area contributed by atoms with Crippen LogP contribution >= 0.6 is 11.6 Å². The molecule has 0 spiro atoms. The molecule has 19 heavy (non-hydrogen) atoms. The lowest BCUT2D eigenvalue weighted by Gasteiger charge is -2.32. The summed E-state index contributed by atoms with van der Waals surface area (Å²) in [6, 6.07) is 0.800. The predicted molar refractivity (Wildman–Crippen MR) is 78.6 cm³/mol. The summed E-state index contributed by atoms with van der Waals surface area (Å²) >= 11 is 6.39. The molecule has 0 aromatic carbocycles. The Morgan fingerprint density at radius 3 is 2.84 bits per heavy atom. The summed E-state index contributed by atoms with van der Waals surface area (Å²) in [5.74, 6) is 1.32. The summed E-state index contributed by atoms with van der Waals surface area (Å²) in [7, 11) is 0. The van der Waals surface area contributed by atoms with Crippen LogP contribution in [0, 0.1) is 5.92 Å². The summed E-state index contributed by atoms with van der Waals surface area (Å²) in [5, 5.41) is 8.98. The third-order valence-electron chi connectivity index (χ3n) is 4.64. The van der Waals surface area contributed by atoms with E-state index in [0.717, 1.165) is 30.1 Å². The molecule has 0 amide bonds. The van der Waals surface area contributed by atoms with Crippen LogP contribution < -0.4 is 5.32 Å². The first-order valence-corrected chi connectivity index (χ1v) is 8.12. The summed E-state index contributed by atoms with van der Waals surface area (Å²) in [5.41, 5.74) is 1.28. The number of aromatic nitrogens is 2. The van der Waals surface area contributed by atoms with Gasteiger partial charge in [0.15, 0.2) is 0 Å². The molecule has 0 bridgehead atoms. The van der Waals surface area contributed by atoms with E-state index in [0.29, 0.717) is 5.92 Å². The third-order valence-corrected chi connectivity index (χ3v) is 4.93. The Balaban J connectivity index is 1.75. The highest BCUT2D eigenvalue weighted by molar-refractivity contribution is 6.31. The van der Waals surface area contributed by atoms with E-state index in [9.17, 15) is 0 Å². The molecule has 1 N–H and O–H groups in total. The van der Waals surface area contributed by atoms with Crippen molar-refractivity contribution >= 4 is 11.6 Å². The highest BCUT2D eigenvalue weighted by Crippen LogP contribution is 2.40. The Kier molecular flexibility index (Phi) is 4.13. The predicted octanol–water partition coefficient (Wildman–Crippen LogP) is 3.58. The number of nitrogens with zero attached hydrogens (tertiary/aromatic N) is 2. The van der Waals surface area contributed by atoms with Gasteiger partial charge in [0.05, 0.1) is 16.9 Å². The van der Waals surface area contributed by atoms with E-state index < -0.39 is 0 Å². The van der Waals surface area contributed by atoms with Crippen LogP contribution in [0.4, 0.5) is 0 Å². The van der Waals surface area contributed by atoms with Gasteiger partial charge in [-0.2, -0.15) is 5.10 Å². The van der Waals surface area contributed by atoms with Crippen molar-refractivity contribution in [1.82, 2.24) is 15.1 Å². The van der Waals surface area contributed by atoms with Crippen molar-refractivity contribution in [2.75, 3.05) is 6.54 Å². The average Bonchev–Trinajstić information content (AvgIpc) is 3.19. The van der Waals surface area contributed by atoms with Crippen LogP contribution in [-0.2, 0) is 6.54 Å². The van der Waals surface area contributed by atoms with Gasteiger partial charge in [0.1, 0.15) is 0 Å². The molecule has 2 aliphatic rings. The minimum absolute atomic E-state index is 0.593. The van der Waals surface area contributed by atoms with Crippen LogP contribution in [0.15, 0.2) is 6.20 Å². The largest absolute Gasteiger partial charge is 0.314 e. The summed E-state index contributed by atoms with van der Waals surface area (Å²) in [6.45, 7) is 4.22. The molecule has 2 atom stereocenters. The van der Waals surface area contributed by atoms with Crippen LogP contribution in [0.3, 0.4) is 0 Å². The molecule has 1 aromatic heterocycles. The second-order valence-corrected chi connectivity index (χ2v) is 6.43. The molecule has 3 nitrogen and oxygen atoms in total. The van der Waals surface area contributed by atoms with Crippen molar-refractivity contribution < 1.29 is 0 Å². The normalized spacial score (nSPS) is 27.7. The molecule has 2 saturated carbocycles. The molecule has 0 aliphatic heterocycles. The average molecular weight is 282 g/mol. The highest BCUT2D eigenvalue weighted by Gasteiger charge is 2.32. The maximum atomic E-state index is 6.39. The van der Waals surface area contributed by atoms with Crippen molar-refractivity contribution in [3.05, 3.63) is 16.9 Å². The van der Waals surface area contributed by atoms with E-state index >= 15 is 0 Å². The van der Waals surface area contributed by atoms with Gasteiger partial charge in [-0.05, 0) is 45.1 Å². The van der Waals surface area contributed by atoms with E-state index in [4.69, 9.17) is 11.6 Å². The fourth-order valence-corrected chi connectivity index (χ4v) is 3.69. The molecule has 4 heteroatoms. The van der Waals surface area contributed by atoms with Crippen molar-refractivity contribution in [3.8, 4) is 0 Å². The maximum Gasteiger partial charge on any atom is 0.0820 e. The molecule has 2 fully saturated rings. The standard InChI is InChI=1S/C15H24ClN3/c1-2-19-15(14(16)10-18-19)13-6-4-3-5-11(13)9-17-12-7-8-12/h10-13,17H,2-9H2,1H3. The summed E-state index contributed by atoms with van der Waals surface area (Å²) in [4.78, 5) is 0. The van der Waals surface area contributed by atoms with E-state index in [-0.39, 0.29) is 0 Å². The molecule has 106 valence electrons. The van der Waals surface area contributed by atoms with E-state index in [2.05, 4.69) is 22.0 Å². The van der Waals surface area contributed by atoms with E-state index in [1.54, 1.807) is 0 Å². The topological polar surface area (TPSA) is 29.9 Å². The number of halogens is 1. The van der Waals surface area contributed by atoms with Gasteiger partial charge in [-0.15, -0.1) is 0 Å². The number of hydrogen-bond donors (Lipinski definition) is 1. The van der Waals surface area contributed by atoms with Gasteiger partial charge >= 0.3 is 0 Å². The van der Waals surface area contributed by atoms with Crippen LogP contribution in [-0.4, -0.2) is 22.4 Å². The Morgan fingerprint density at radius 1 is 1.32 bits per heavy atom. The number of rotatable bonds is 5. The first-order chi connectivity index (χ1) is 9.29. The van der Waals surface area contributed by atoms with Gasteiger partial charge in [0, 0.05) is 18.5 Å². The molecule has 1 aromatic rings. The number of nitrogens with one attached hydrogen (secondary N) is 1. The summed E-state index contributed by atoms with van der Waals surface area (Å²) < 4.78 is 2.10. The molecule has 1 heterocycles. The minimum Gasteiger partial charge on any atom is -0.314 e. The molecule has 2 aliphatic carbocycles. The van der Waals surface area contributed by atoms with Gasteiger partial charge in [-0.1, -0.05) is 24.4 Å². The maximum absolute atomic E-state index is 6.39. The van der Waals surface area contributed by atoms with Gasteiger partial charge in [-0.25, -0.2) is 0 Å². The van der Waals surface area contributed by atoms with Crippen molar-refractivity contribution in [2.24, 2.45) is 5.92 Å². The minimum atomic E-state index is 0.593. The fourth-order valence-electron chi connectivity index (χ4n) is 3.41. The first-order valence-electron chi connectivity index (χ1n) is 7.74. The molecule has 0 saturated heterocycles. The van der Waals surface area contributed by atoms with Gasteiger partial charge in [-0.3, -0.25) is 4.68 Å². The SMILES string of the molecule is CCn1ncc(Cl)c1C1CCCCC1CNC1CC1. The molecular weight excluding hydrogens is 258 g/mol. The van der Waals surface area contributed by atoms with E-state index in [1.807, 2.05) is 6.20 Å². The molecule has 0 radical (unpaired) electrons. The smallest absolute Gasteiger partial charge is 0.0820 e. The van der Waals surface area contributed by atoms with E-state index in [1.165, 1.54) is 44.2 Å². The lowest BCUT2D eigenvalue weighted by atomic mass is 9.77. The van der Waals surface area contributed by atoms with Gasteiger partial charge in [0.2, 0.25) is 0 Å². The number of aryl methyl sites for hydroxylation is 1. The highest BCUT2D eigenvalue weighted by atomic mass is 35.5. The van der Waals surface area contributed by atoms with Crippen LogP contribution in [0.2, 0.25) is 5.02 Å². The lowest BCUT2D eigenvalue weighted by molar-refractivity contribution is 0.283. The van der Waals surface area contributed by atoms with Crippen molar-refractivity contribution in [1.29, 1.82) is 0 Å². The Hall–Kier alpha value is -0.540. The molecule has 3 rings (SSSR count). The zero-order chi connectivity index (χ0) is 13.2. The van der Waals surface area contributed by atoms with Crippen LogP contribution in [0.5, 0.6) is 0 Å². The fraction of sp³-hybridized carbons (Fsp3) is 0.800. The second-order valence-electron chi connectivity index (χ2n) is 6.03. The van der Waals surface area contributed by atoms with Crippen LogP contribution in [0.25, 0.3) is 0 Å². The quantitative estimate of drug-likeness (QED) is 0.894. The van der Waals surface area contributed by atoms with Crippen LogP contribution in [0.1, 0.15) is 57.1 Å². The second kappa shape index (κ2) is 5.84.